The van der Waals surface area contributed by atoms with Crippen molar-refractivity contribution < 1.29 is 13.2 Å². The molecule has 0 spiro atoms. The molecule has 1 unspecified atom stereocenters. The second-order valence-corrected chi connectivity index (χ2v) is 2.61. The molecule has 0 aromatic carbocycles. The lowest BCUT2D eigenvalue weighted by atomic mass is 10.2. The monoisotopic (exact) mass is 167 g/mol. The standard InChI is InChI=1S/C6H10F3N2/c1-11-3-2-10-4-5(11)6(7,8)9/h2,5,10H,3-4H2,1H3. The molecular weight excluding hydrogens is 157 g/mol. The van der Waals surface area contributed by atoms with E-state index in [1.54, 1.807) is 6.54 Å². The van der Waals surface area contributed by atoms with Crippen molar-refractivity contribution in [1.29, 1.82) is 0 Å². The molecule has 0 amide bonds. The summed E-state index contributed by atoms with van der Waals surface area (Å²) in [5.74, 6) is 0. The van der Waals surface area contributed by atoms with Crippen LogP contribution in [-0.4, -0.2) is 37.3 Å². The summed E-state index contributed by atoms with van der Waals surface area (Å²) < 4.78 is 36.3. The van der Waals surface area contributed by atoms with Gasteiger partial charge in [0.15, 0.2) is 0 Å². The summed E-state index contributed by atoms with van der Waals surface area (Å²) in [6, 6.07) is -1.34. The van der Waals surface area contributed by atoms with Crippen molar-refractivity contribution in [2.45, 2.75) is 12.2 Å². The van der Waals surface area contributed by atoms with E-state index >= 15 is 0 Å². The van der Waals surface area contributed by atoms with Gasteiger partial charge in [0.1, 0.15) is 6.04 Å². The molecule has 2 nitrogen and oxygen atoms in total. The van der Waals surface area contributed by atoms with Crippen molar-refractivity contribution in [1.82, 2.24) is 10.2 Å². The molecule has 11 heavy (non-hydrogen) atoms. The lowest BCUT2D eigenvalue weighted by Gasteiger charge is -2.33. The van der Waals surface area contributed by atoms with E-state index < -0.39 is 12.2 Å². The van der Waals surface area contributed by atoms with Crippen molar-refractivity contribution in [3.8, 4) is 0 Å². The minimum atomic E-state index is -4.12. The van der Waals surface area contributed by atoms with Gasteiger partial charge in [0.25, 0.3) is 0 Å². The smallest absolute Gasteiger partial charge is 0.309 e. The summed E-state index contributed by atoms with van der Waals surface area (Å²) in [6.45, 7) is 1.92. The predicted molar refractivity (Wildman–Crippen MR) is 34.8 cm³/mol. The Bertz CT molecular complexity index is 134. The second-order valence-electron chi connectivity index (χ2n) is 2.61. The van der Waals surface area contributed by atoms with E-state index in [9.17, 15) is 13.2 Å². The highest BCUT2D eigenvalue weighted by molar-refractivity contribution is 4.87. The number of hydrogen-bond donors (Lipinski definition) is 1. The average molecular weight is 167 g/mol. The fourth-order valence-electron chi connectivity index (χ4n) is 1.05. The first kappa shape index (κ1) is 8.80. The third-order valence-electron chi connectivity index (χ3n) is 1.74. The van der Waals surface area contributed by atoms with Gasteiger partial charge in [-0.2, -0.15) is 13.2 Å². The van der Waals surface area contributed by atoms with Crippen LogP contribution in [0.4, 0.5) is 13.2 Å². The minimum Gasteiger partial charge on any atom is -0.309 e. The Balaban J connectivity index is 2.55. The Hall–Kier alpha value is -0.290. The van der Waals surface area contributed by atoms with Crippen LogP contribution >= 0.6 is 0 Å². The lowest BCUT2D eigenvalue weighted by Crippen LogP contribution is -2.54. The molecule has 1 rings (SSSR count). The van der Waals surface area contributed by atoms with Gasteiger partial charge in [-0.25, -0.2) is 0 Å². The second kappa shape index (κ2) is 2.98. The maximum absolute atomic E-state index is 12.1. The molecular formula is C6H10F3N2. The van der Waals surface area contributed by atoms with Crippen molar-refractivity contribution >= 4 is 0 Å². The molecule has 0 aromatic rings. The summed E-state index contributed by atoms with van der Waals surface area (Å²) in [6.07, 6.45) is -4.12. The zero-order valence-electron chi connectivity index (χ0n) is 6.15. The largest absolute Gasteiger partial charge is 0.405 e. The van der Waals surface area contributed by atoms with E-state index in [1.807, 2.05) is 0 Å². The Morgan fingerprint density at radius 1 is 1.55 bits per heavy atom. The van der Waals surface area contributed by atoms with E-state index in [-0.39, 0.29) is 6.54 Å². The van der Waals surface area contributed by atoms with E-state index in [1.165, 1.54) is 11.9 Å². The average Bonchev–Trinajstić information content (AvgIpc) is 1.86. The summed E-state index contributed by atoms with van der Waals surface area (Å²) in [5, 5.41) is 2.59. The number of hydrogen-bond acceptors (Lipinski definition) is 2. The molecule has 1 aliphatic rings. The molecule has 0 aromatic heterocycles. The van der Waals surface area contributed by atoms with Gasteiger partial charge in [0, 0.05) is 19.6 Å². The van der Waals surface area contributed by atoms with Gasteiger partial charge in [-0.05, 0) is 7.05 Å². The molecule has 65 valence electrons. The molecule has 5 heteroatoms. The van der Waals surface area contributed by atoms with Crippen LogP contribution in [0.2, 0.25) is 0 Å². The first-order chi connectivity index (χ1) is 5.02. The Kier molecular flexibility index (Phi) is 2.39. The Labute approximate surface area is 63.4 Å². The lowest BCUT2D eigenvalue weighted by molar-refractivity contribution is -0.181. The van der Waals surface area contributed by atoms with Crippen LogP contribution in [0.3, 0.4) is 0 Å². The van der Waals surface area contributed by atoms with E-state index in [0.29, 0.717) is 6.54 Å². The van der Waals surface area contributed by atoms with Crippen LogP contribution in [0.15, 0.2) is 0 Å². The van der Waals surface area contributed by atoms with Crippen LogP contribution in [0.5, 0.6) is 0 Å². The van der Waals surface area contributed by atoms with Gasteiger partial charge in [0.05, 0.1) is 0 Å². The van der Waals surface area contributed by atoms with Crippen molar-refractivity contribution in [2.75, 3.05) is 20.1 Å². The van der Waals surface area contributed by atoms with Crippen LogP contribution in [0.1, 0.15) is 0 Å². The predicted octanol–water partition coefficient (Wildman–Crippen LogP) is 0.614. The zero-order chi connectivity index (χ0) is 8.48. The molecule has 1 atom stereocenters. The Morgan fingerprint density at radius 2 is 2.18 bits per heavy atom. The number of nitrogens with zero attached hydrogens (tertiary/aromatic N) is 1. The molecule has 1 heterocycles. The van der Waals surface area contributed by atoms with Crippen molar-refractivity contribution in [3.05, 3.63) is 6.54 Å². The first-order valence-electron chi connectivity index (χ1n) is 3.34. The van der Waals surface area contributed by atoms with E-state index in [2.05, 4.69) is 5.32 Å². The summed E-state index contributed by atoms with van der Waals surface area (Å²) in [7, 11) is 1.47. The number of likely N-dealkylation sites (N-methyl/N-ethyl adjacent to an activating group) is 1. The third-order valence-corrected chi connectivity index (χ3v) is 1.74. The molecule has 0 aliphatic carbocycles. The van der Waals surface area contributed by atoms with E-state index in [0.717, 1.165) is 0 Å². The zero-order valence-corrected chi connectivity index (χ0v) is 6.15. The molecule has 0 saturated carbocycles. The number of nitrogens with one attached hydrogen (secondary N) is 1. The van der Waals surface area contributed by atoms with Gasteiger partial charge in [-0.15, -0.1) is 0 Å². The van der Waals surface area contributed by atoms with Gasteiger partial charge in [0.2, 0.25) is 0 Å². The van der Waals surface area contributed by atoms with Crippen molar-refractivity contribution in [2.24, 2.45) is 0 Å². The van der Waals surface area contributed by atoms with Crippen LogP contribution < -0.4 is 5.32 Å². The fourth-order valence-corrected chi connectivity index (χ4v) is 1.05. The molecule has 1 radical (unpaired) electrons. The number of rotatable bonds is 0. The highest BCUT2D eigenvalue weighted by Gasteiger charge is 2.43. The summed E-state index contributed by atoms with van der Waals surface area (Å²) in [4.78, 5) is 1.27. The van der Waals surface area contributed by atoms with Crippen molar-refractivity contribution in [3.63, 3.8) is 0 Å². The molecule has 0 bridgehead atoms. The third kappa shape index (κ3) is 2.07. The van der Waals surface area contributed by atoms with Gasteiger partial charge in [-0.3, -0.25) is 4.90 Å². The highest BCUT2D eigenvalue weighted by Crippen LogP contribution is 2.24. The molecule has 1 aliphatic heterocycles. The number of alkyl halides is 3. The van der Waals surface area contributed by atoms with E-state index in [4.69, 9.17) is 0 Å². The van der Waals surface area contributed by atoms with Gasteiger partial charge in [-0.1, -0.05) is 0 Å². The van der Waals surface area contributed by atoms with Crippen LogP contribution in [0, 0.1) is 6.54 Å². The summed E-state index contributed by atoms with van der Waals surface area (Å²) >= 11 is 0. The number of piperazine rings is 1. The topological polar surface area (TPSA) is 15.3 Å². The summed E-state index contributed by atoms with van der Waals surface area (Å²) in [5.41, 5.74) is 0. The first-order valence-corrected chi connectivity index (χ1v) is 3.34. The maximum atomic E-state index is 12.1. The van der Waals surface area contributed by atoms with Gasteiger partial charge >= 0.3 is 6.18 Å². The highest BCUT2D eigenvalue weighted by atomic mass is 19.4. The SMILES string of the molecule is CN1C[CH]NCC1C(F)(F)F. The van der Waals surface area contributed by atoms with Crippen LogP contribution in [0.25, 0.3) is 0 Å². The maximum Gasteiger partial charge on any atom is 0.405 e. The quantitative estimate of drug-likeness (QED) is 0.568. The Morgan fingerprint density at radius 3 is 2.55 bits per heavy atom. The molecule has 1 fully saturated rings. The van der Waals surface area contributed by atoms with Gasteiger partial charge < -0.3 is 5.32 Å². The van der Waals surface area contributed by atoms with Crippen LogP contribution in [-0.2, 0) is 0 Å². The minimum absolute atomic E-state index is 0.0417. The number of halogens is 3. The molecule has 1 N–H and O–H groups in total. The normalized spacial score (nSPS) is 28.9. The molecule has 1 saturated heterocycles. The fraction of sp³-hybridized carbons (Fsp3) is 0.833.